The van der Waals surface area contributed by atoms with Gasteiger partial charge in [-0.1, -0.05) is 0 Å². The molecule has 4 heteroatoms. The van der Waals surface area contributed by atoms with E-state index in [0.717, 1.165) is 13.1 Å². The number of carbonyl (C=O) groups is 1. The van der Waals surface area contributed by atoms with Crippen molar-refractivity contribution in [2.24, 2.45) is 11.1 Å². The molecule has 1 heterocycles. The number of amides is 1. The quantitative estimate of drug-likeness (QED) is 0.487. The molecule has 0 unspecified atom stereocenters. The van der Waals surface area contributed by atoms with Gasteiger partial charge in [0.05, 0.1) is 6.54 Å². The van der Waals surface area contributed by atoms with Crippen LogP contribution in [0.2, 0.25) is 0 Å². The van der Waals surface area contributed by atoms with Crippen molar-refractivity contribution in [1.29, 1.82) is 0 Å². The van der Waals surface area contributed by atoms with E-state index >= 15 is 0 Å². The van der Waals surface area contributed by atoms with Crippen molar-refractivity contribution in [2.45, 2.75) is 18.9 Å². The molecule has 4 N–H and O–H groups in total. The maximum atomic E-state index is 11.0. The Labute approximate surface area is 71.9 Å². The minimum Gasteiger partial charge on any atom is -0.350 e. The largest absolute Gasteiger partial charge is 0.350 e. The van der Waals surface area contributed by atoms with Crippen molar-refractivity contribution in [2.75, 3.05) is 19.6 Å². The molecule has 2 aliphatic rings. The molecule has 0 aromatic heterocycles. The Bertz CT molecular complexity index is 200. The van der Waals surface area contributed by atoms with E-state index in [1.807, 2.05) is 0 Å². The topological polar surface area (TPSA) is 67.2 Å². The van der Waals surface area contributed by atoms with Crippen LogP contribution in [-0.2, 0) is 4.79 Å². The van der Waals surface area contributed by atoms with Gasteiger partial charge in [0.25, 0.3) is 0 Å². The van der Waals surface area contributed by atoms with Crippen LogP contribution in [0.15, 0.2) is 0 Å². The number of nitrogens with two attached hydrogens (primary N) is 1. The van der Waals surface area contributed by atoms with Gasteiger partial charge in [-0.25, -0.2) is 0 Å². The molecule has 2 fully saturated rings. The van der Waals surface area contributed by atoms with Crippen molar-refractivity contribution in [3.05, 3.63) is 0 Å². The van der Waals surface area contributed by atoms with Crippen LogP contribution in [0, 0.1) is 5.41 Å². The number of rotatable bonds is 2. The van der Waals surface area contributed by atoms with Crippen molar-refractivity contribution in [3.8, 4) is 0 Å². The number of hydrogen-bond donors (Lipinski definition) is 3. The molecular weight excluding hydrogens is 154 g/mol. The summed E-state index contributed by atoms with van der Waals surface area (Å²) >= 11 is 0. The summed E-state index contributed by atoms with van der Waals surface area (Å²) in [5, 5.41) is 6.25. The molecule has 1 spiro atoms. The lowest BCUT2D eigenvalue weighted by atomic mass is 10.0. The minimum atomic E-state index is -0.0324. The highest BCUT2D eigenvalue weighted by Crippen LogP contribution is 2.50. The van der Waals surface area contributed by atoms with Gasteiger partial charge < -0.3 is 16.4 Å². The molecule has 0 radical (unpaired) electrons. The van der Waals surface area contributed by atoms with Gasteiger partial charge in [0.15, 0.2) is 0 Å². The normalized spacial score (nSPS) is 30.6. The SMILES string of the molecule is NCC(=O)N[C@H]1CNCC12CC2. The van der Waals surface area contributed by atoms with Gasteiger partial charge in [-0.15, -0.1) is 0 Å². The van der Waals surface area contributed by atoms with Crippen LogP contribution in [0.5, 0.6) is 0 Å². The Balaban J connectivity index is 1.91. The summed E-state index contributed by atoms with van der Waals surface area (Å²) in [5.41, 5.74) is 5.62. The molecule has 1 saturated carbocycles. The summed E-state index contributed by atoms with van der Waals surface area (Å²) in [4.78, 5) is 11.0. The minimum absolute atomic E-state index is 0.0324. The third-order valence-electron chi connectivity index (χ3n) is 2.98. The van der Waals surface area contributed by atoms with Gasteiger partial charge in [0.1, 0.15) is 0 Å². The van der Waals surface area contributed by atoms with Crippen molar-refractivity contribution >= 4 is 5.91 Å². The highest BCUT2D eigenvalue weighted by atomic mass is 16.1. The second-order valence-electron chi connectivity index (χ2n) is 3.82. The van der Waals surface area contributed by atoms with E-state index in [-0.39, 0.29) is 12.5 Å². The van der Waals surface area contributed by atoms with E-state index in [0.29, 0.717) is 11.5 Å². The third-order valence-corrected chi connectivity index (χ3v) is 2.98. The second kappa shape index (κ2) is 2.71. The van der Waals surface area contributed by atoms with E-state index in [4.69, 9.17) is 5.73 Å². The molecule has 2 rings (SSSR count). The lowest BCUT2D eigenvalue weighted by molar-refractivity contribution is -0.120. The molecule has 0 aromatic carbocycles. The smallest absolute Gasteiger partial charge is 0.234 e. The summed E-state index contributed by atoms with van der Waals surface area (Å²) < 4.78 is 0. The van der Waals surface area contributed by atoms with E-state index in [1.165, 1.54) is 12.8 Å². The first-order valence-corrected chi connectivity index (χ1v) is 4.47. The van der Waals surface area contributed by atoms with Crippen LogP contribution < -0.4 is 16.4 Å². The standard InChI is InChI=1S/C8H15N3O/c9-3-7(12)11-6-4-10-5-8(6)1-2-8/h6,10H,1-5,9H2,(H,11,12)/t6-/m0/s1. The van der Waals surface area contributed by atoms with E-state index < -0.39 is 0 Å². The Morgan fingerprint density at radius 2 is 2.42 bits per heavy atom. The second-order valence-corrected chi connectivity index (χ2v) is 3.82. The summed E-state index contributed by atoms with van der Waals surface area (Å²) in [6, 6.07) is 0.327. The summed E-state index contributed by atoms with van der Waals surface area (Å²) in [5.74, 6) is -0.0324. The van der Waals surface area contributed by atoms with Gasteiger partial charge in [-0.3, -0.25) is 4.79 Å². The van der Waals surface area contributed by atoms with Crippen LogP contribution in [0.25, 0.3) is 0 Å². The summed E-state index contributed by atoms with van der Waals surface area (Å²) in [7, 11) is 0. The number of nitrogens with one attached hydrogen (secondary N) is 2. The fourth-order valence-electron chi connectivity index (χ4n) is 1.95. The summed E-state index contributed by atoms with van der Waals surface area (Å²) in [6.45, 7) is 2.07. The first kappa shape index (κ1) is 8.01. The van der Waals surface area contributed by atoms with Gasteiger partial charge in [0, 0.05) is 24.5 Å². The zero-order valence-electron chi connectivity index (χ0n) is 7.10. The average molecular weight is 169 g/mol. The Morgan fingerprint density at radius 1 is 1.67 bits per heavy atom. The molecular formula is C8H15N3O. The number of hydrogen-bond acceptors (Lipinski definition) is 3. The van der Waals surface area contributed by atoms with Crippen molar-refractivity contribution in [3.63, 3.8) is 0 Å². The lowest BCUT2D eigenvalue weighted by Gasteiger charge is -2.18. The van der Waals surface area contributed by atoms with E-state index in [9.17, 15) is 4.79 Å². The highest BCUT2D eigenvalue weighted by molar-refractivity contribution is 5.78. The van der Waals surface area contributed by atoms with Crippen LogP contribution >= 0.6 is 0 Å². The fourth-order valence-corrected chi connectivity index (χ4v) is 1.95. The predicted molar refractivity (Wildman–Crippen MR) is 45.5 cm³/mol. The van der Waals surface area contributed by atoms with Crippen LogP contribution in [0.3, 0.4) is 0 Å². The molecule has 1 saturated heterocycles. The molecule has 1 aliphatic heterocycles. The lowest BCUT2D eigenvalue weighted by Crippen LogP contribution is -2.43. The van der Waals surface area contributed by atoms with Gasteiger partial charge in [0.2, 0.25) is 5.91 Å². The molecule has 1 aliphatic carbocycles. The third kappa shape index (κ3) is 1.21. The Morgan fingerprint density at radius 3 is 3.00 bits per heavy atom. The fraction of sp³-hybridized carbons (Fsp3) is 0.875. The van der Waals surface area contributed by atoms with E-state index in [2.05, 4.69) is 10.6 Å². The molecule has 1 amide bonds. The predicted octanol–water partition coefficient (Wildman–Crippen LogP) is -1.19. The Kier molecular flexibility index (Phi) is 1.81. The first-order valence-electron chi connectivity index (χ1n) is 4.47. The van der Waals surface area contributed by atoms with Crippen LogP contribution in [0.1, 0.15) is 12.8 Å². The molecule has 4 nitrogen and oxygen atoms in total. The van der Waals surface area contributed by atoms with Crippen molar-refractivity contribution in [1.82, 2.24) is 10.6 Å². The van der Waals surface area contributed by atoms with Crippen LogP contribution in [-0.4, -0.2) is 31.6 Å². The zero-order chi connectivity index (χ0) is 8.60. The van der Waals surface area contributed by atoms with Gasteiger partial charge in [-0.2, -0.15) is 0 Å². The maximum Gasteiger partial charge on any atom is 0.234 e. The van der Waals surface area contributed by atoms with Gasteiger partial charge >= 0.3 is 0 Å². The zero-order valence-corrected chi connectivity index (χ0v) is 7.10. The molecule has 1 atom stereocenters. The monoisotopic (exact) mass is 169 g/mol. The maximum absolute atomic E-state index is 11.0. The average Bonchev–Trinajstić information content (AvgIpc) is 2.73. The van der Waals surface area contributed by atoms with E-state index in [1.54, 1.807) is 0 Å². The molecule has 12 heavy (non-hydrogen) atoms. The van der Waals surface area contributed by atoms with Crippen molar-refractivity contribution < 1.29 is 4.79 Å². The Hall–Kier alpha value is -0.610. The number of carbonyl (C=O) groups excluding carboxylic acids is 1. The molecule has 0 bridgehead atoms. The van der Waals surface area contributed by atoms with Crippen LogP contribution in [0.4, 0.5) is 0 Å². The first-order chi connectivity index (χ1) is 5.77. The molecule has 0 aromatic rings. The summed E-state index contributed by atoms with van der Waals surface area (Å²) in [6.07, 6.45) is 2.49. The highest BCUT2D eigenvalue weighted by Gasteiger charge is 2.52. The van der Waals surface area contributed by atoms with Gasteiger partial charge in [-0.05, 0) is 12.8 Å². The molecule has 68 valence electrons.